The number of nitrogens with one attached hydrogen (secondary N) is 2. The molecule has 0 spiro atoms. The molecule has 2 rings (SSSR count). The van der Waals surface area contributed by atoms with Gasteiger partial charge in [0.15, 0.2) is 10.9 Å². The molecular weight excluding hydrogens is 345 g/mol. The Kier molecular flexibility index (Phi) is 6.40. The second-order valence-corrected chi connectivity index (χ2v) is 6.17. The predicted octanol–water partition coefficient (Wildman–Crippen LogP) is 5.44. The molecule has 0 bridgehead atoms. The third-order valence-corrected chi connectivity index (χ3v) is 4.28. The van der Waals surface area contributed by atoms with Crippen LogP contribution < -0.4 is 15.5 Å². The highest BCUT2D eigenvalue weighted by molar-refractivity contribution is 7.80. The normalized spacial score (nSPS) is 10.4. The zero-order valence-corrected chi connectivity index (χ0v) is 15.6. The minimum atomic E-state index is -0.517. The first-order valence-corrected chi connectivity index (χ1v) is 8.62. The highest BCUT2D eigenvalue weighted by Gasteiger charge is 2.09. The van der Waals surface area contributed by atoms with Gasteiger partial charge < -0.3 is 15.5 Å². The molecule has 0 aliphatic rings. The van der Waals surface area contributed by atoms with Crippen molar-refractivity contribution < 1.29 is 4.39 Å². The summed E-state index contributed by atoms with van der Waals surface area (Å²) in [6.07, 6.45) is 0. The predicted molar refractivity (Wildman–Crippen MR) is 106 cm³/mol. The molecule has 2 aromatic carbocycles. The highest BCUT2D eigenvalue weighted by Crippen LogP contribution is 2.24. The van der Waals surface area contributed by atoms with Crippen molar-refractivity contribution in [1.29, 1.82) is 0 Å². The average molecular weight is 366 g/mol. The van der Waals surface area contributed by atoms with E-state index < -0.39 is 5.82 Å². The number of hydrogen-bond donors (Lipinski definition) is 2. The topological polar surface area (TPSA) is 27.3 Å². The Morgan fingerprint density at radius 3 is 2.42 bits per heavy atom. The van der Waals surface area contributed by atoms with E-state index in [1.807, 2.05) is 19.1 Å². The fraction of sp³-hybridized carbons (Fsp3) is 0.278. The molecule has 0 radical (unpaired) electrons. The van der Waals surface area contributed by atoms with Crippen LogP contribution >= 0.6 is 23.8 Å². The summed E-state index contributed by atoms with van der Waals surface area (Å²) in [5, 5.41) is 6.31. The molecule has 0 unspecified atom stereocenters. The third-order valence-electron chi connectivity index (χ3n) is 3.79. The van der Waals surface area contributed by atoms with Crippen LogP contribution in [0.4, 0.5) is 21.5 Å². The van der Waals surface area contributed by atoms with E-state index in [1.54, 1.807) is 12.1 Å². The van der Waals surface area contributed by atoms with Gasteiger partial charge in [0.1, 0.15) is 0 Å². The van der Waals surface area contributed by atoms with Gasteiger partial charge in [-0.2, -0.15) is 0 Å². The van der Waals surface area contributed by atoms with Gasteiger partial charge in [-0.05, 0) is 68.9 Å². The lowest BCUT2D eigenvalue weighted by Crippen LogP contribution is -2.23. The molecule has 0 saturated carbocycles. The molecule has 128 valence electrons. The fourth-order valence-corrected chi connectivity index (χ4v) is 2.84. The molecule has 0 aliphatic heterocycles. The van der Waals surface area contributed by atoms with Crippen molar-refractivity contribution in [2.75, 3.05) is 28.6 Å². The van der Waals surface area contributed by atoms with Crippen molar-refractivity contribution in [3.05, 3.63) is 52.8 Å². The first-order valence-electron chi connectivity index (χ1n) is 7.83. The smallest absolute Gasteiger partial charge is 0.175 e. The van der Waals surface area contributed by atoms with Gasteiger partial charge >= 0.3 is 0 Å². The lowest BCUT2D eigenvalue weighted by molar-refractivity contribution is 0.632. The summed E-state index contributed by atoms with van der Waals surface area (Å²) in [5.74, 6) is -0.517. The van der Waals surface area contributed by atoms with E-state index in [-0.39, 0.29) is 10.7 Å². The van der Waals surface area contributed by atoms with Gasteiger partial charge in [-0.1, -0.05) is 17.7 Å². The number of halogens is 2. The van der Waals surface area contributed by atoms with Crippen molar-refractivity contribution in [2.45, 2.75) is 20.8 Å². The standard InChI is InChI=1S/C18H21ClFN3S/c1-4-23(5-2)13-9-10-15(12(3)11-13)21-18(24)22-16-8-6-7-14(19)17(16)20/h6-11H,4-5H2,1-3H3,(H2,21,22,24). The van der Waals surface area contributed by atoms with E-state index in [0.29, 0.717) is 5.11 Å². The number of hydrogen-bond acceptors (Lipinski definition) is 2. The maximum atomic E-state index is 13.9. The molecule has 3 nitrogen and oxygen atoms in total. The molecule has 0 fully saturated rings. The van der Waals surface area contributed by atoms with Crippen LogP contribution in [0.15, 0.2) is 36.4 Å². The maximum absolute atomic E-state index is 13.9. The largest absolute Gasteiger partial charge is 0.372 e. The van der Waals surface area contributed by atoms with E-state index in [9.17, 15) is 4.39 Å². The minimum absolute atomic E-state index is 0.0579. The van der Waals surface area contributed by atoms with Crippen LogP contribution in [0.25, 0.3) is 0 Å². The summed E-state index contributed by atoms with van der Waals surface area (Å²) in [6.45, 7) is 8.18. The second kappa shape index (κ2) is 8.31. The Bertz CT molecular complexity index is 732. The van der Waals surface area contributed by atoms with Gasteiger partial charge in [-0.3, -0.25) is 0 Å². The quantitative estimate of drug-likeness (QED) is 0.689. The first-order chi connectivity index (χ1) is 11.5. The number of aryl methyl sites for hydroxylation is 1. The van der Waals surface area contributed by atoms with Crippen LogP contribution in [0.1, 0.15) is 19.4 Å². The van der Waals surface area contributed by atoms with Crippen LogP contribution in [0, 0.1) is 12.7 Å². The van der Waals surface area contributed by atoms with Crippen LogP contribution in [0.2, 0.25) is 5.02 Å². The molecule has 0 atom stereocenters. The molecule has 2 N–H and O–H groups in total. The summed E-state index contributed by atoms with van der Waals surface area (Å²) in [6, 6.07) is 10.9. The number of anilines is 3. The average Bonchev–Trinajstić information content (AvgIpc) is 2.55. The monoisotopic (exact) mass is 365 g/mol. The Morgan fingerprint density at radius 1 is 1.12 bits per heavy atom. The van der Waals surface area contributed by atoms with Gasteiger partial charge in [0.25, 0.3) is 0 Å². The highest BCUT2D eigenvalue weighted by atomic mass is 35.5. The van der Waals surface area contributed by atoms with E-state index in [0.717, 1.165) is 24.3 Å². The van der Waals surface area contributed by atoms with Crippen LogP contribution in [-0.4, -0.2) is 18.2 Å². The molecule has 2 aromatic rings. The fourth-order valence-electron chi connectivity index (χ4n) is 2.45. The van der Waals surface area contributed by atoms with Crippen molar-refractivity contribution in [3.63, 3.8) is 0 Å². The third kappa shape index (κ3) is 4.36. The van der Waals surface area contributed by atoms with Crippen molar-refractivity contribution in [3.8, 4) is 0 Å². The molecule has 24 heavy (non-hydrogen) atoms. The van der Waals surface area contributed by atoms with E-state index in [1.165, 1.54) is 11.8 Å². The lowest BCUT2D eigenvalue weighted by atomic mass is 10.1. The first kappa shape index (κ1) is 18.5. The Morgan fingerprint density at radius 2 is 1.79 bits per heavy atom. The Hall–Kier alpha value is -1.85. The number of rotatable bonds is 5. The van der Waals surface area contributed by atoms with Crippen LogP contribution in [-0.2, 0) is 0 Å². The van der Waals surface area contributed by atoms with Gasteiger partial charge in [0, 0.05) is 24.5 Å². The second-order valence-electron chi connectivity index (χ2n) is 5.35. The maximum Gasteiger partial charge on any atom is 0.175 e. The lowest BCUT2D eigenvalue weighted by Gasteiger charge is -2.22. The van der Waals surface area contributed by atoms with Crippen LogP contribution in [0.3, 0.4) is 0 Å². The molecule has 0 amide bonds. The van der Waals surface area contributed by atoms with Gasteiger partial charge in [-0.15, -0.1) is 0 Å². The minimum Gasteiger partial charge on any atom is -0.372 e. The molecule has 6 heteroatoms. The van der Waals surface area contributed by atoms with Gasteiger partial charge in [0.2, 0.25) is 0 Å². The van der Waals surface area contributed by atoms with Crippen molar-refractivity contribution >= 4 is 46.0 Å². The SMILES string of the molecule is CCN(CC)c1ccc(NC(=S)Nc2cccc(Cl)c2F)c(C)c1. The number of thiocarbonyl (C=S) groups is 1. The molecular formula is C18H21ClFN3S. The van der Waals surface area contributed by atoms with Crippen molar-refractivity contribution in [2.24, 2.45) is 0 Å². The van der Waals surface area contributed by atoms with Gasteiger partial charge in [0.05, 0.1) is 10.7 Å². The Balaban J connectivity index is 2.10. The summed E-state index contributed by atoms with van der Waals surface area (Å²) in [5.41, 5.74) is 3.36. The molecule has 0 aliphatic carbocycles. The molecule has 0 heterocycles. The van der Waals surface area contributed by atoms with Crippen molar-refractivity contribution in [1.82, 2.24) is 0 Å². The van der Waals surface area contributed by atoms with E-state index >= 15 is 0 Å². The van der Waals surface area contributed by atoms with Gasteiger partial charge in [-0.25, -0.2) is 4.39 Å². The Labute approximate surface area is 152 Å². The summed E-state index contributed by atoms with van der Waals surface area (Å²) in [7, 11) is 0. The summed E-state index contributed by atoms with van der Waals surface area (Å²) >= 11 is 11.0. The summed E-state index contributed by atoms with van der Waals surface area (Å²) < 4.78 is 13.9. The zero-order chi connectivity index (χ0) is 17.7. The molecule has 0 aromatic heterocycles. The molecule has 0 saturated heterocycles. The number of benzene rings is 2. The zero-order valence-electron chi connectivity index (χ0n) is 14.0. The number of nitrogens with zero attached hydrogens (tertiary/aromatic N) is 1. The summed E-state index contributed by atoms with van der Waals surface area (Å²) in [4.78, 5) is 2.27. The van der Waals surface area contributed by atoms with E-state index in [4.69, 9.17) is 23.8 Å². The van der Waals surface area contributed by atoms with E-state index in [2.05, 4.69) is 35.4 Å². The van der Waals surface area contributed by atoms with Crippen LogP contribution in [0.5, 0.6) is 0 Å².